The van der Waals surface area contributed by atoms with Gasteiger partial charge < -0.3 is 10.6 Å². The van der Waals surface area contributed by atoms with Gasteiger partial charge in [-0.15, -0.1) is 0 Å². The topological polar surface area (TPSA) is 81.2 Å². The van der Waals surface area contributed by atoms with Crippen LogP contribution in [0.25, 0.3) is 0 Å². The highest BCUT2D eigenvalue weighted by molar-refractivity contribution is 5.92. The number of nitrogens with two attached hydrogens (primary N) is 1. The Hall–Kier alpha value is -2.47. The van der Waals surface area contributed by atoms with Crippen LogP contribution in [-0.2, 0) is 6.54 Å². The molecule has 2 heterocycles. The van der Waals surface area contributed by atoms with E-state index in [-0.39, 0.29) is 17.5 Å². The van der Waals surface area contributed by atoms with E-state index >= 15 is 0 Å². The van der Waals surface area contributed by atoms with Crippen LogP contribution in [0.15, 0.2) is 47.3 Å². The molecule has 1 atom stereocenters. The molecule has 6 nitrogen and oxygen atoms in total. The second kappa shape index (κ2) is 7.40. The zero-order chi connectivity index (χ0) is 16.9. The van der Waals surface area contributed by atoms with E-state index in [4.69, 9.17) is 5.73 Å². The fourth-order valence-electron chi connectivity index (χ4n) is 3.09. The normalized spacial score (nSPS) is 17.7. The van der Waals surface area contributed by atoms with E-state index in [0.29, 0.717) is 25.3 Å². The zero-order valence-corrected chi connectivity index (χ0v) is 13.6. The Balaban J connectivity index is 1.85. The van der Waals surface area contributed by atoms with Gasteiger partial charge in [0.05, 0.1) is 6.54 Å². The molecule has 1 aromatic carbocycles. The molecule has 1 aliphatic rings. The number of hydrogen-bond acceptors (Lipinski definition) is 4. The molecule has 1 aliphatic heterocycles. The molecule has 6 heteroatoms. The Labute approximate surface area is 140 Å². The number of aromatic nitrogens is 2. The number of likely N-dealkylation sites (tertiary alicyclic amines) is 1. The molecule has 1 fully saturated rings. The summed E-state index contributed by atoms with van der Waals surface area (Å²) in [7, 11) is 0. The van der Waals surface area contributed by atoms with Crippen LogP contribution < -0.4 is 11.3 Å². The molecule has 3 rings (SSSR count). The standard InChI is InChI=1S/C18H22N4O2/c19-12-15-8-4-5-11-21(15)18(24)16-9-10-17(23)22(20-16)13-14-6-2-1-3-7-14/h1-3,6-7,9-10,15H,4-5,8,11-13,19H2. The van der Waals surface area contributed by atoms with Crippen LogP contribution in [0.5, 0.6) is 0 Å². The minimum Gasteiger partial charge on any atom is -0.333 e. The number of nitrogens with zero attached hydrogens (tertiary/aromatic N) is 3. The third kappa shape index (κ3) is 3.54. The summed E-state index contributed by atoms with van der Waals surface area (Å²) >= 11 is 0. The fraction of sp³-hybridized carbons (Fsp3) is 0.389. The summed E-state index contributed by atoms with van der Waals surface area (Å²) in [6, 6.07) is 12.6. The van der Waals surface area contributed by atoms with Crippen LogP contribution >= 0.6 is 0 Å². The van der Waals surface area contributed by atoms with Crippen molar-refractivity contribution in [1.82, 2.24) is 14.7 Å². The predicted octanol–water partition coefficient (Wildman–Crippen LogP) is 1.24. The van der Waals surface area contributed by atoms with Crippen LogP contribution in [0.3, 0.4) is 0 Å². The van der Waals surface area contributed by atoms with Gasteiger partial charge in [-0.3, -0.25) is 9.59 Å². The first kappa shape index (κ1) is 16.4. The van der Waals surface area contributed by atoms with Crippen LogP contribution in [0, 0.1) is 0 Å². The molecule has 0 saturated carbocycles. The van der Waals surface area contributed by atoms with Gasteiger partial charge in [0.25, 0.3) is 11.5 Å². The molecule has 1 aromatic heterocycles. The van der Waals surface area contributed by atoms with Gasteiger partial charge in [0, 0.05) is 25.2 Å². The minimum atomic E-state index is -0.218. The van der Waals surface area contributed by atoms with Crippen LogP contribution in [0.1, 0.15) is 35.3 Å². The van der Waals surface area contributed by atoms with Gasteiger partial charge in [-0.05, 0) is 30.9 Å². The van der Waals surface area contributed by atoms with Gasteiger partial charge in [-0.25, -0.2) is 4.68 Å². The number of benzene rings is 1. The smallest absolute Gasteiger partial charge is 0.274 e. The number of hydrogen-bond donors (Lipinski definition) is 1. The number of rotatable bonds is 4. The van der Waals surface area contributed by atoms with Crippen molar-refractivity contribution in [2.45, 2.75) is 31.8 Å². The van der Waals surface area contributed by atoms with Crippen molar-refractivity contribution in [3.05, 3.63) is 64.1 Å². The molecule has 2 N–H and O–H groups in total. The molecule has 0 radical (unpaired) electrons. The molecular formula is C18H22N4O2. The van der Waals surface area contributed by atoms with Crippen LogP contribution in [-0.4, -0.2) is 39.7 Å². The van der Waals surface area contributed by atoms with Crippen molar-refractivity contribution in [3.63, 3.8) is 0 Å². The van der Waals surface area contributed by atoms with Gasteiger partial charge >= 0.3 is 0 Å². The van der Waals surface area contributed by atoms with Crippen molar-refractivity contribution in [1.29, 1.82) is 0 Å². The number of amides is 1. The third-order valence-corrected chi connectivity index (χ3v) is 4.42. The molecule has 126 valence electrons. The molecule has 1 amide bonds. The van der Waals surface area contributed by atoms with Crippen LogP contribution in [0.2, 0.25) is 0 Å². The maximum Gasteiger partial charge on any atom is 0.274 e. The second-order valence-electron chi connectivity index (χ2n) is 6.08. The summed E-state index contributed by atoms with van der Waals surface area (Å²) in [5.41, 5.74) is 6.84. The first-order valence-corrected chi connectivity index (χ1v) is 8.32. The van der Waals surface area contributed by atoms with E-state index in [9.17, 15) is 9.59 Å². The molecule has 1 saturated heterocycles. The number of carbonyl (C=O) groups excluding carboxylic acids is 1. The van der Waals surface area contributed by atoms with E-state index in [2.05, 4.69) is 5.10 Å². The van der Waals surface area contributed by atoms with Crippen LogP contribution in [0.4, 0.5) is 0 Å². The quantitative estimate of drug-likeness (QED) is 0.917. The highest BCUT2D eigenvalue weighted by Gasteiger charge is 2.27. The third-order valence-electron chi connectivity index (χ3n) is 4.42. The summed E-state index contributed by atoms with van der Waals surface area (Å²) < 4.78 is 1.34. The molecule has 0 spiro atoms. The van der Waals surface area contributed by atoms with Gasteiger partial charge in [0.2, 0.25) is 0 Å². The Bertz CT molecular complexity index is 757. The highest BCUT2D eigenvalue weighted by Crippen LogP contribution is 2.18. The van der Waals surface area contributed by atoms with E-state index in [1.165, 1.54) is 16.8 Å². The average Bonchev–Trinajstić information content (AvgIpc) is 2.64. The molecular weight excluding hydrogens is 304 g/mol. The van der Waals surface area contributed by atoms with E-state index in [0.717, 1.165) is 24.8 Å². The number of carbonyl (C=O) groups is 1. The fourth-order valence-corrected chi connectivity index (χ4v) is 3.09. The first-order chi connectivity index (χ1) is 11.7. The van der Waals surface area contributed by atoms with Crippen molar-refractivity contribution < 1.29 is 4.79 Å². The maximum atomic E-state index is 12.8. The van der Waals surface area contributed by atoms with Gasteiger partial charge in [0.1, 0.15) is 5.69 Å². The lowest BCUT2D eigenvalue weighted by Gasteiger charge is -2.34. The Morgan fingerprint density at radius 2 is 1.96 bits per heavy atom. The van der Waals surface area contributed by atoms with Crippen molar-refractivity contribution in [2.24, 2.45) is 5.73 Å². The Morgan fingerprint density at radius 1 is 1.17 bits per heavy atom. The highest BCUT2D eigenvalue weighted by atomic mass is 16.2. The molecule has 1 unspecified atom stereocenters. The summed E-state index contributed by atoms with van der Waals surface area (Å²) in [5, 5.41) is 4.28. The molecule has 0 bridgehead atoms. The lowest BCUT2D eigenvalue weighted by atomic mass is 10.0. The monoisotopic (exact) mass is 326 g/mol. The van der Waals surface area contributed by atoms with Crippen molar-refractivity contribution >= 4 is 5.91 Å². The van der Waals surface area contributed by atoms with Gasteiger partial charge in [-0.2, -0.15) is 5.10 Å². The lowest BCUT2D eigenvalue weighted by molar-refractivity contribution is 0.0614. The lowest BCUT2D eigenvalue weighted by Crippen LogP contribution is -2.48. The van der Waals surface area contributed by atoms with Gasteiger partial charge in [-0.1, -0.05) is 30.3 Å². The Kier molecular flexibility index (Phi) is 5.05. The van der Waals surface area contributed by atoms with E-state index in [1.54, 1.807) is 4.90 Å². The summed E-state index contributed by atoms with van der Waals surface area (Å²) in [6.07, 6.45) is 2.99. The van der Waals surface area contributed by atoms with Crippen molar-refractivity contribution in [3.8, 4) is 0 Å². The van der Waals surface area contributed by atoms with Crippen molar-refractivity contribution in [2.75, 3.05) is 13.1 Å². The zero-order valence-electron chi connectivity index (χ0n) is 13.6. The summed E-state index contributed by atoms with van der Waals surface area (Å²) in [4.78, 5) is 26.6. The van der Waals surface area contributed by atoms with E-state index in [1.807, 2.05) is 30.3 Å². The molecule has 0 aliphatic carbocycles. The minimum absolute atomic E-state index is 0.0579. The second-order valence-corrected chi connectivity index (χ2v) is 6.08. The SMILES string of the molecule is NCC1CCCCN1C(=O)c1ccc(=O)n(Cc2ccccc2)n1. The Morgan fingerprint density at radius 3 is 2.71 bits per heavy atom. The first-order valence-electron chi connectivity index (χ1n) is 8.32. The average molecular weight is 326 g/mol. The summed E-state index contributed by atoms with van der Waals surface area (Å²) in [6.45, 7) is 1.50. The largest absolute Gasteiger partial charge is 0.333 e. The maximum absolute atomic E-state index is 12.8. The van der Waals surface area contributed by atoms with E-state index < -0.39 is 0 Å². The summed E-state index contributed by atoms with van der Waals surface area (Å²) in [5.74, 6) is -0.146. The number of piperidine rings is 1. The predicted molar refractivity (Wildman–Crippen MR) is 91.8 cm³/mol. The van der Waals surface area contributed by atoms with Gasteiger partial charge in [0.15, 0.2) is 0 Å². The molecule has 2 aromatic rings. The molecule has 24 heavy (non-hydrogen) atoms.